The lowest BCUT2D eigenvalue weighted by molar-refractivity contribution is -0.154. The number of hydrogen-bond donors (Lipinski definition) is 2. The van der Waals surface area contributed by atoms with Crippen molar-refractivity contribution in [2.45, 2.75) is 31.8 Å². The lowest BCUT2D eigenvalue weighted by Gasteiger charge is -2.24. The van der Waals surface area contributed by atoms with Crippen molar-refractivity contribution in [1.82, 2.24) is 0 Å². The van der Waals surface area contributed by atoms with E-state index in [1.165, 1.54) is 0 Å². The summed E-state index contributed by atoms with van der Waals surface area (Å²) in [6.45, 7) is 1.66. The summed E-state index contributed by atoms with van der Waals surface area (Å²) >= 11 is 0. The van der Waals surface area contributed by atoms with Crippen LogP contribution in [0.15, 0.2) is 23.8 Å². The van der Waals surface area contributed by atoms with E-state index in [2.05, 4.69) is 0 Å². The second-order valence-electron chi connectivity index (χ2n) is 3.16. The van der Waals surface area contributed by atoms with E-state index in [1.807, 2.05) is 6.08 Å². The number of aliphatic hydroxyl groups is 1. The summed E-state index contributed by atoms with van der Waals surface area (Å²) in [4.78, 5) is 10.8. The summed E-state index contributed by atoms with van der Waals surface area (Å²) in [5.74, 6) is -1.17. The Morgan fingerprint density at radius 3 is 2.69 bits per heavy atom. The van der Waals surface area contributed by atoms with Gasteiger partial charge >= 0.3 is 5.97 Å². The van der Waals surface area contributed by atoms with Gasteiger partial charge in [-0.05, 0) is 24.8 Å². The summed E-state index contributed by atoms with van der Waals surface area (Å²) in [6.07, 6.45) is 7.29. The molecule has 0 aromatic heterocycles. The molecule has 72 valence electrons. The van der Waals surface area contributed by atoms with E-state index in [0.717, 1.165) is 12.8 Å². The standard InChI is InChI=1S/C10H14O3/c1-2-10(13,9(11)12)8-6-4-3-5-7-8/h4,6-7,13H,2-3,5H2,1H3,(H,11,12). The third-order valence-corrected chi connectivity index (χ3v) is 2.34. The fraction of sp³-hybridized carbons (Fsp3) is 0.500. The topological polar surface area (TPSA) is 57.5 Å². The maximum absolute atomic E-state index is 10.8. The lowest BCUT2D eigenvalue weighted by Crippen LogP contribution is -2.39. The Hall–Kier alpha value is -1.09. The van der Waals surface area contributed by atoms with Gasteiger partial charge in [-0.1, -0.05) is 25.2 Å². The van der Waals surface area contributed by atoms with E-state index in [-0.39, 0.29) is 6.42 Å². The van der Waals surface area contributed by atoms with E-state index in [9.17, 15) is 9.90 Å². The Morgan fingerprint density at radius 2 is 2.31 bits per heavy atom. The van der Waals surface area contributed by atoms with Crippen molar-refractivity contribution in [3.8, 4) is 0 Å². The van der Waals surface area contributed by atoms with Crippen molar-refractivity contribution < 1.29 is 15.0 Å². The fourth-order valence-electron chi connectivity index (χ4n) is 1.40. The summed E-state index contributed by atoms with van der Waals surface area (Å²) in [5.41, 5.74) is -1.19. The van der Waals surface area contributed by atoms with Gasteiger partial charge in [0.1, 0.15) is 0 Å². The van der Waals surface area contributed by atoms with Gasteiger partial charge < -0.3 is 10.2 Å². The van der Waals surface area contributed by atoms with E-state index < -0.39 is 11.6 Å². The molecule has 0 aromatic carbocycles. The van der Waals surface area contributed by atoms with E-state index in [0.29, 0.717) is 5.57 Å². The van der Waals surface area contributed by atoms with Crippen LogP contribution in [0.4, 0.5) is 0 Å². The summed E-state index contributed by atoms with van der Waals surface area (Å²) in [6, 6.07) is 0. The number of carbonyl (C=O) groups is 1. The molecule has 3 nitrogen and oxygen atoms in total. The van der Waals surface area contributed by atoms with Crippen molar-refractivity contribution >= 4 is 5.97 Å². The average molecular weight is 182 g/mol. The number of aliphatic carboxylic acids is 1. The highest BCUT2D eigenvalue weighted by atomic mass is 16.4. The van der Waals surface area contributed by atoms with Gasteiger partial charge in [0.05, 0.1) is 0 Å². The Morgan fingerprint density at radius 1 is 1.62 bits per heavy atom. The molecule has 0 amide bonds. The second kappa shape index (κ2) is 3.75. The van der Waals surface area contributed by atoms with Crippen LogP contribution in [-0.4, -0.2) is 21.8 Å². The SMILES string of the molecule is CCC(O)(C(=O)O)C1=CCCC=C1. The molecule has 0 saturated carbocycles. The van der Waals surface area contributed by atoms with Crippen molar-refractivity contribution in [2.75, 3.05) is 0 Å². The van der Waals surface area contributed by atoms with Crippen LogP contribution in [0, 0.1) is 0 Å². The zero-order valence-electron chi connectivity index (χ0n) is 7.66. The van der Waals surface area contributed by atoms with E-state index >= 15 is 0 Å². The Bertz CT molecular complexity index is 265. The predicted octanol–water partition coefficient (Wildman–Crippen LogP) is 1.49. The molecule has 0 bridgehead atoms. The molecule has 0 saturated heterocycles. The minimum absolute atomic E-state index is 0.193. The minimum Gasteiger partial charge on any atom is -0.479 e. The van der Waals surface area contributed by atoms with Crippen molar-refractivity contribution in [3.05, 3.63) is 23.8 Å². The maximum atomic E-state index is 10.8. The van der Waals surface area contributed by atoms with Crippen LogP contribution in [-0.2, 0) is 4.79 Å². The molecular formula is C10H14O3. The predicted molar refractivity (Wildman–Crippen MR) is 49.3 cm³/mol. The van der Waals surface area contributed by atoms with Gasteiger partial charge in [0.2, 0.25) is 0 Å². The summed E-state index contributed by atoms with van der Waals surface area (Å²) in [5, 5.41) is 18.7. The summed E-state index contributed by atoms with van der Waals surface area (Å²) in [7, 11) is 0. The molecule has 1 rings (SSSR count). The first-order valence-electron chi connectivity index (χ1n) is 4.44. The smallest absolute Gasteiger partial charge is 0.340 e. The van der Waals surface area contributed by atoms with Gasteiger partial charge in [-0.3, -0.25) is 0 Å². The molecule has 0 heterocycles. The second-order valence-corrected chi connectivity index (χ2v) is 3.16. The molecule has 1 atom stereocenters. The normalized spacial score (nSPS) is 20.6. The highest BCUT2D eigenvalue weighted by Gasteiger charge is 2.36. The molecule has 0 aliphatic heterocycles. The number of hydrogen-bond acceptors (Lipinski definition) is 2. The highest BCUT2D eigenvalue weighted by molar-refractivity contribution is 5.82. The van der Waals surface area contributed by atoms with Crippen molar-refractivity contribution in [2.24, 2.45) is 0 Å². The first kappa shape index (κ1) is 9.99. The first-order valence-corrected chi connectivity index (χ1v) is 4.44. The lowest BCUT2D eigenvalue weighted by atomic mass is 9.87. The quantitative estimate of drug-likeness (QED) is 0.695. The Balaban J connectivity index is 2.94. The highest BCUT2D eigenvalue weighted by Crippen LogP contribution is 2.25. The van der Waals surface area contributed by atoms with Crippen LogP contribution in [0.3, 0.4) is 0 Å². The molecule has 0 fully saturated rings. The molecule has 0 aromatic rings. The third kappa shape index (κ3) is 1.80. The van der Waals surface area contributed by atoms with Gasteiger partial charge in [0.25, 0.3) is 0 Å². The van der Waals surface area contributed by atoms with Gasteiger partial charge in [-0.15, -0.1) is 0 Å². The zero-order chi connectivity index (χ0) is 9.90. The molecule has 2 N–H and O–H groups in total. The van der Waals surface area contributed by atoms with E-state index in [1.54, 1.807) is 19.1 Å². The summed E-state index contributed by atoms with van der Waals surface area (Å²) < 4.78 is 0. The first-order chi connectivity index (χ1) is 6.11. The molecular weight excluding hydrogens is 168 g/mol. The van der Waals surface area contributed by atoms with Gasteiger partial charge in [-0.2, -0.15) is 0 Å². The third-order valence-electron chi connectivity index (χ3n) is 2.34. The minimum atomic E-state index is -1.70. The number of carboxylic acid groups (broad SMARTS) is 1. The van der Waals surface area contributed by atoms with Gasteiger partial charge in [0.15, 0.2) is 5.60 Å². The molecule has 1 aliphatic carbocycles. The monoisotopic (exact) mass is 182 g/mol. The van der Waals surface area contributed by atoms with Crippen LogP contribution < -0.4 is 0 Å². The van der Waals surface area contributed by atoms with Crippen molar-refractivity contribution in [3.63, 3.8) is 0 Å². The molecule has 3 heteroatoms. The molecule has 0 radical (unpaired) electrons. The molecule has 1 unspecified atom stereocenters. The van der Waals surface area contributed by atoms with Crippen LogP contribution >= 0.6 is 0 Å². The number of rotatable bonds is 3. The van der Waals surface area contributed by atoms with Gasteiger partial charge in [-0.25, -0.2) is 4.79 Å². The van der Waals surface area contributed by atoms with Crippen LogP contribution in [0.5, 0.6) is 0 Å². The van der Waals surface area contributed by atoms with Crippen molar-refractivity contribution in [1.29, 1.82) is 0 Å². The van der Waals surface area contributed by atoms with E-state index in [4.69, 9.17) is 5.11 Å². The van der Waals surface area contributed by atoms with Crippen LogP contribution in [0.1, 0.15) is 26.2 Å². The Labute approximate surface area is 77.4 Å². The molecule has 0 spiro atoms. The molecule has 13 heavy (non-hydrogen) atoms. The molecule has 1 aliphatic rings. The van der Waals surface area contributed by atoms with Crippen LogP contribution in [0.25, 0.3) is 0 Å². The number of carboxylic acids is 1. The zero-order valence-corrected chi connectivity index (χ0v) is 7.66. The largest absolute Gasteiger partial charge is 0.479 e. The fourth-order valence-corrected chi connectivity index (χ4v) is 1.40. The number of allylic oxidation sites excluding steroid dienone is 2. The van der Waals surface area contributed by atoms with Gasteiger partial charge in [0, 0.05) is 0 Å². The Kier molecular flexibility index (Phi) is 2.88. The maximum Gasteiger partial charge on any atom is 0.340 e. The van der Waals surface area contributed by atoms with Crippen LogP contribution in [0.2, 0.25) is 0 Å². The average Bonchev–Trinajstić information content (AvgIpc) is 2.17.